The fourth-order valence-corrected chi connectivity index (χ4v) is 4.93. The van der Waals surface area contributed by atoms with Crippen molar-refractivity contribution in [2.75, 3.05) is 19.8 Å². The maximum absolute atomic E-state index is 5.70. The van der Waals surface area contributed by atoms with Gasteiger partial charge in [0.05, 0.1) is 0 Å². The first-order chi connectivity index (χ1) is 7.29. The van der Waals surface area contributed by atoms with Crippen molar-refractivity contribution in [3.63, 3.8) is 0 Å². The normalized spacial score (nSPS) is 11.9. The van der Waals surface area contributed by atoms with E-state index in [2.05, 4.69) is 4.98 Å². The molecule has 86 valence electrons. The van der Waals surface area contributed by atoms with Crippen LogP contribution in [0.1, 0.15) is 20.8 Å². The lowest BCUT2D eigenvalue weighted by Crippen LogP contribution is -2.56. The second-order valence-corrected chi connectivity index (χ2v) is 6.40. The minimum Gasteiger partial charge on any atom is -0.369 e. The van der Waals surface area contributed by atoms with Gasteiger partial charge in [-0.15, -0.1) is 11.3 Å². The van der Waals surface area contributed by atoms with Crippen molar-refractivity contribution >= 4 is 24.8 Å². The Morgan fingerprint density at radius 3 is 2.00 bits per heavy atom. The topological polar surface area (TPSA) is 40.6 Å². The molecule has 0 fully saturated rings. The maximum Gasteiger partial charge on any atom is 0.567 e. The molecule has 1 rings (SSSR count). The zero-order chi connectivity index (χ0) is 11.1. The van der Waals surface area contributed by atoms with Crippen LogP contribution in [0.5, 0.6) is 0 Å². The van der Waals surface area contributed by atoms with Gasteiger partial charge in [-0.3, -0.25) is 0 Å². The van der Waals surface area contributed by atoms with Gasteiger partial charge in [-0.1, -0.05) is 0 Å². The predicted octanol–water partition coefficient (Wildman–Crippen LogP) is 1.40. The minimum absolute atomic E-state index is 0.575. The van der Waals surface area contributed by atoms with E-state index in [0.717, 1.165) is 4.63 Å². The predicted molar refractivity (Wildman–Crippen MR) is 62.4 cm³/mol. The van der Waals surface area contributed by atoms with E-state index < -0.39 is 8.80 Å². The molecule has 1 heterocycles. The van der Waals surface area contributed by atoms with Gasteiger partial charge in [0.1, 0.15) is 0 Å². The average molecular weight is 247 g/mol. The molecule has 0 amide bonds. The van der Waals surface area contributed by atoms with Gasteiger partial charge in [0, 0.05) is 31.4 Å². The molecule has 4 nitrogen and oxygen atoms in total. The summed E-state index contributed by atoms with van der Waals surface area (Å²) in [5.74, 6) is 0. The highest BCUT2D eigenvalue weighted by atomic mass is 32.1. The molecule has 0 aliphatic heterocycles. The van der Waals surface area contributed by atoms with Crippen LogP contribution in [0.4, 0.5) is 0 Å². The van der Waals surface area contributed by atoms with Gasteiger partial charge in [0.15, 0.2) is 4.63 Å². The Kier molecular flexibility index (Phi) is 5.41. The van der Waals surface area contributed by atoms with Crippen molar-refractivity contribution in [2.24, 2.45) is 0 Å². The molecule has 0 aliphatic rings. The van der Waals surface area contributed by atoms with Crippen molar-refractivity contribution in [3.05, 3.63) is 11.6 Å². The summed E-state index contributed by atoms with van der Waals surface area (Å²) in [6.45, 7) is 7.54. The third-order valence-corrected chi connectivity index (χ3v) is 6.05. The smallest absolute Gasteiger partial charge is 0.369 e. The van der Waals surface area contributed by atoms with Crippen LogP contribution in [-0.2, 0) is 13.3 Å². The molecule has 0 spiro atoms. The fraction of sp³-hybridized carbons (Fsp3) is 0.667. The zero-order valence-corrected chi connectivity index (χ0v) is 11.2. The SMILES string of the molecule is CCO[Si](OCC)(OCC)c1nccs1. The molecule has 0 aromatic carbocycles. The fourth-order valence-electron chi connectivity index (χ4n) is 1.25. The number of hydrogen-bond acceptors (Lipinski definition) is 5. The van der Waals surface area contributed by atoms with Crippen molar-refractivity contribution < 1.29 is 13.3 Å². The maximum atomic E-state index is 5.70. The molecular weight excluding hydrogens is 230 g/mol. The first kappa shape index (κ1) is 12.8. The molecule has 0 radical (unpaired) electrons. The first-order valence-electron chi connectivity index (χ1n) is 5.10. The van der Waals surface area contributed by atoms with Crippen molar-refractivity contribution in [2.45, 2.75) is 20.8 Å². The van der Waals surface area contributed by atoms with E-state index in [9.17, 15) is 0 Å². The first-order valence-corrected chi connectivity index (χ1v) is 7.71. The largest absolute Gasteiger partial charge is 0.567 e. The summed E-state index contributed by atoms with van der Waals surface area (Å²) in [5.41, 5.74) is 0. The highest BCUT2D eigenvalue weighted by Crippen LogP contribution is 2.12. The summed E-state index contributed by atoms with van der Waals surface area (Å²) < 4.78 is 17.9. The van der Waals surface area contributed by atoms with E-state index in [-0.39, 0.29) is 0 Å². The number of thiazole rings is 1. The summed E-state index contributed by atoms with van der Waals surface area (Å²) in [7, 11) is -2.71. The van der Waals surface area contributed by atoms with Crippen molar-refractivity contribution in [3.8, 4) is 0 Å². The molecule has 0 aliphatic carbocycles. The van der Waals surface area contributed by atoms with Crippen molar-refractivity contribution in [1.29, 1.82) is 0 Å². The Bertz CT molecular complexity index is 251. The molecule has 0 bridgehead atoms. The quantitative estimate of drug-likeness (QED) is 0.683. The van der Waals surface area contributed by atoms with Crippen LogP contribution in [0.25, 0.3) is 0 Å². The Morgan fingerprint density at radius 2 is 1.67 bits per heavy atom. The number of hydrogen-bond donors (Lipinski definition) is 0. The summed E-state index contributed by atoms with van der Waals surface area (Å²) in [6.07, 6.45) is 1.75. The van der Waals surface area contributed by atoms with E-state index in [1.165, 1.54) is 11.3 Å². The molecule has 0 saturated heterocycles. The summed E-state index contributed by atoms with van der Waals surface area (Å²) in [4.78, 5) is 4.25. The Balaban J connectivity index is 2.90. The number of rotatable bonds is 7. The highest BCUT2D eigenvalue weighted by Gasteiger charge is 2.46. The van der Waals surface area contributed by atoms with E-state index in [4.69, 9.17) is 13.3 Å². The second kappa shape index (κ2) is 6.34. The highest BCUT2D eigenvalue weighted by molar-refractivity contribution is 7.22. The van der Waals surface area contributed by atoms with Gasteiger partial charge in [0.25, 0.3) is 0 Å². The molecular formula is C9H17NO3SSi. The molecule has 0 N–H and O–H groups in total. The summed E-state index contributed by atoms with van der Waals surface area (Å²) >= 11 is 1.53. The number of aromatic nitrogens is 1. The molecule has 0 saturated carbocycles. The van der Waals surface area contributed by atoms with E-state index in [1.54, 1.807) is 6.20 Å². The van der Waals surface area contributed by atoms with Crippen LogP contribution in [-0.4, -0.2) is 33.6 Å². The molecule has 6 heteroatoms. The van der Waals surface area contributed by atoms with Crippen molar-refractivity contribution in [1.82, 2.24) is 4.98 Å². The van der Waals surface area contributed by atoms with Gasteiger partial charge in [-0.05, 0) is 20.8 Å². The number of nitrogens with zero attached hydrogens (tertiary/aromatic N) is 1. The summed E-state index contributed by atoms with van der Waals surface area (Å²) in [5, 5.41) is 1.91. The lowest BCUT2D eigenvalue weighted by Gasteiger charge is -2.25. The van der Waals surface area contributed by atoms with Crippen LogP contribution in [0.3, 0.4) is 0 Å². The van der Waals surface area contributed by atoms with Crippen LogP contribution in [0.2, 0.25) is 0 Å². The minimum atomic E-state index is -2.71. The Labute approximate surface area is 95.6 Å². The van der Waals surface area contributed by atoms with Crippen LogP contribution < -0.4 is 4.63 Å². The van der Waals surface area contributed by atoms with Crippen LogP contribution in [0, 0.1) is 0 Å². The molecule has 1 aromatic heterocycles. The van der Waals surface area contributed by atoms with Gasteiger partial charge in [0.2, 0.25) is 0 Å². The molecule has 15 heavy (non-hydrogen) atoms. The van der Waals surface area contributed by atoms with E-state index in [0.29, 0.717) is 19.8 Å². The standard InChI is InChI=1S/C9H17NO3SSi/c1-4-11-15(12-5-2,13-6-3)9-10-7-8-14-9/h7-8H,4-6H2,1-3H3. The van der Waals surface area contributed by atoms with E-state index in [1.807, 2.05) is 26.2 Å². The third kappa shape index (κ3) is 3.09. The Hall–Kier alpha value is -0.273. The lowest BCUT2D eigenvalue weighted by atomic mass is 10.9. The third-order valence-electron chi connectivity index (χ3n) is 1.70. The van der Waals surface area contributed by atoms with E-state index >= 15 is 0 Å². The monoisotopic (exact) mass is 247 g/mol. The van der Waals surface area contributed by atoms with Gasteiger partial charge < -0.3 is 13.3 Å². The average Bonchev–Trinajstić information content (AvgIpc) is 2.72. The van der Waals surface area contributed by atoms with Gasteiger partial charge >= 0.3 is 8.80 Å². The zero-order valence-electron chi connectivity index (χ0n) is 9.36. The second-order valence-electron chi connectivity index (χ2n) is 2.69. The van der Waals surface area contributed by atoms with Crippen LogP contribution in [0.15, 0.2) is 11.6 Å². The van der Waals surface area contributed by atoms with Crippen LogP contribution >= 0.6 is 11.3 Å². The Morgan fingerprint density at radius 1 is 1.13 bits per heavy atom. The summed E-state index contributed by atoms with van der Waals surface area (Å²) in [6, 6.07) is 0. The molecule has 0 unspecified atom stereocenters. The van der Waals surface area contributed by atoms with Gasteiger partial charge in [-0.25, -0.2) is 4.98 Å². The molecule has 1 aromatic rings. The van der Waals surface area contributed by atoms with Gasteiger partial charge in [-0.2, -0.15) is 0 Å². The molecule has 0 atom stereocenters. The lowest BCUT2D eigenvalue weighted by molar-refractivity contribution is 0.0858.